The minimum atomic E-state index is -0.216. The fraction of sp³-hybridized carbons (Fsp3) is 0.429. The summed E-state index contributed by atoms with van der Waals surface area (Å²) in [6.07, 6.45) is 11.4. The van der Waals surface area contributed by atoms with E-state index >= 15 is 0 Å². The maximum absolute atomic E-state index is 5.98. The normalized spacial score (nSPS) is 15.6. The molecule has 0 radical (unpaired) electrons. The molecule has 0 saturated carbocycles. The lowest BCUT2D eigenvalue weighted by atomic mass is 10.1. The van der Waals surface area contributed by atoms with Crippen molar-refractivity contribution in [2.75, 3.05) is 0 Å². The summed E-state index contributed by atoms with van der Waals surface area (Å²) in [6, 6.07) is -0.216. The molecule has 0 aromatic heterocycles. The first-order valence-corrected chi connectivity index (χ1v) is 6.30. The van der Waals surface area contributed by atoms with Crippen molar-refractivity contribution in [2.45, 2.75) is 40.2 Å². The first-order chi connectivity index (χ1) is 9.11. The summed E-state index contributed by atoms with van der Waals surface area (Å²) in [5.41, 5.74) is 6.96. The Hall–Kier alpha value is -1.88. The molecule has 0 aliphatic rings. The van der Waals surface area contributed by atoms with Crippen molar-refractivity contribution in [3.8, 4) is 0 Å². The smallest absolute Gasteiger partial charge is 0.129 e. The third-order valence-corrected chi connectivity index (χ3v) is 2.10. The third kappa shape index (κ3) is 9.79. The van der Waals surface area contributed by atoms with E-state index in [4.69, 9.17) is 10.6 Å². The van der Waals surface area contributed by atoms with E-state index < -0.39 is 0 Å². The molecule has 0 aromatic carbocycles. The lowest BCUT2D eigenvalue weighted by molar-refractivity contribution is 0.229. The highest BCUT2D eigenvalue weighted by Gasteiger charge is 2.01. The molecule has 0 spiro atoms. The number of nitrogens with two attached hydrogens (primary N) is 1. The van der Waals surface area contributed by atoms with Gasteiger partial charge in [0, 0.05) is 37.1 Å². The van der Waals surface area contributed by atoms with Crippen LogP contribution in [0.5, 0.6) is 0 Å². The molecule has 0 fully saturated rings. The van der Waals surface area contributed by atoms with Crippen LogP contribution in [-0.2, 0) is 4.84 Å². The Kier molecular flexibility index (Phi) is 10.1. The number of allylic oxidation sites excluding steroid dienone is 1. The summed E-state index contributed by atoms with van der Waals surface area (Å²) in [5.74, 6) is 0.668. The summed E-state index contributed by atoms with van der Waals surface area (Å²) in [6.45, 7) is 7.57. The van der Waals surface area contributed by atoms with Gasteiger partial charge >= 0.3 is 0 Å². The van der Waals surface area contributed by atoms with Crippen molar-refractivity contribution < 1.29 is 4.84 Å². The standard InChI is InChI=1S/C14H24N4O/c1-5-7-16-8-9-17-11-12(3)14(15)10-13(4)19-18-6-2/h6-11,14,17H,5,15H2,1-4H3/b9-8+,12-11+,13-10+,16-7?,18-6+. The molecule has 0 amide bonds. The van der Waals surface area contributed by atoms with Crippen LogP contribution in [0.2, 0.25) is 0 Å². The van der Waals surface area contributed by atoms with Gasteiger partial charge in [-0.25, -0.2) is 0 Å². The zero-order chi connectivity index (χ0) is 14.5. The van der Waals surface area contributed by atoms with Crippen molar-refractivity contribution >= 4 is 12.4 Å². The minimum absolute atomic E-state index is 0.216. The highest BCUT2D eigenvalue weighted by atomic mass is 16.6. The van der Waals surface area contributed by atoms with Crippen molar-refractivity contribution in [1.29, 1.82) is 0 Å². The SMILES string of the molecule is C/C=N/O/C(C)=C/C(N)/C(C)=C/N/C=C/N=CCC. The summed E-state index contributed by atoms with van der Waals surface area (Å²) >= 11 is 0. The quantitative estimate of drug-likeness (QED) is 0.402. The predicted molar refractivity (Wildman–Crippen MR) is 81.8 cm³/mol. The van der Waals surface area contributed by atoms with E-state index in [9.17, 15) is 0 Å². The monoisotopic (exact) mass is 264 g/mol. The Labute approximate surface area is 115 Å². The Balaban J connectivity index is 4.27. The molecule has 5 heteroatoms. The summed E-state index contributed by atoms with van der Waals surface area (Å²) in [5, 5.41) is 6.68. The van der Waals surface area contributed by atoms with E-state index in [0.29, 0.717) is 5.76 Å². The van der Waals surface area contributed by atoms with Gasteiger partial charge in [0.25, 0.3) is 0 Å². The summed E-state index contributed by atoms with van der Waals surface area (Å²) in [4.78, 5) is 9.09. The number of hydrogen-bond acceptors (Lipinski definition) is 5. The molecule has 106 valence electrons. The summed E-state index contributed by atoms with van der Waals surface area (Å²) < 4.78 is 0. The van der Waals surface area contributed by atoms with Crippen molar-refractivity contribution in [1.82, 2.24) is 5.32 Å². The third-order valence-electron chi connectivity index (χ3n) is 2.10. The fourth-order valence-corrected chi connectivity index (χ4v) is 1.08. The van der Waals surface area contributed by atoms with Crippen LogP contribution in [-0.4, -0.2) is 18.5 Å². The first-order valence-electron chi connectivity index (χ1n) is 6.30. The lowest BCUT2D eigenvalue weighted by Crippen LogP contribution is -2.20. The molecular weight excluding hydrogens is 240 g/mol. The van der Waals surface area contributed by atoms with Gasteiger partial charge in [-0.2, -0.15) is 0 Å². The van der Waals surface area contributed by atoms with Crippen LogP contribution < -0.4 is 11.1 Å². The number of nitrogens with one attached hydrogen (secondary N) is 1. The van der Waals surface area contributed by atoms with Crippen LogP contribution >= 0.6 is 0 Å². The van der Waals surface area contributed by atoms with Crippen molar-refractivity contribution in [2.24, 2.45) is 15.9 Å². The largest absolute Gasteiger partial charge is 0.366 e. The second-order valence-electron chi connectivity index (χ2n) is 3.87. The van der Waals surface area contributed by atoms with Crippen molar-refractivity contribution in [3.05, 3.63) is 36.0 Å². The fourth-order valence-electron chi connectivity index (χ4n) is 1.08. The van der Waals surface area contributed by atoms with E-state index in [-0.39, 0.29) is 6.04 Å². The Bertz CT molecular complexity index is 381. The Morgan fingerprint density at radius 1 is 1.42 bits per heavy atom. The molecule has 3 N–H and O–H groups in total. The van der Waals surface area contributed by atoms with Gasteiger partial charge in [0.2, 0.25) is 0 Å². The number of aliphatic imine (C=N–C) groups is 1. The zero-order valence-electron chi connectivity index (χ0n) is 12.1. The Morgan fingerprint density at radius 2 is 2.16 bits per heavy atom. The lowest BCUT2D eigenvalue weighted by Gasteiger charge is -2.08. The molecule has 0 aliphatic heterocycles. The minimum Gasteiger partial charge on any atom is -0.366 e. The molecule has 0 heterocycles. The number of rotatable bonds is 8. The van der Waals surface area contributed by atoms with Gasteiger partial charge in [-0.05, 0) is 38.8 Å². The van der Waals surface area contributed by atoms with Crippen LogP contribution in [0.4, 0.5) is 0 Å². The zero-order valence-corrected chi connectivity index (χ0v) is 12.1. The number of nitrogens with zero attached hydrogens (tertiary/aromatic N) is 2. The van der Waals surface area contributed by atoms with Gasteiger partial charge in [-0.15, -0.1) is 0 Å². The second kappa shape index (κ2) is 11.2. The maximum Gasteiger partial charge on any atom is 0.129 e. The van der Waals surface area contributed by atoms with Crippen LogP contribution in [0.3, 0.4) is 0 Å². The molecule has 1 unspecified atom stereocenters. The molecule has 0 aliphatic carbocycles. The Morgan fingerprint density at radius 3 is 2.79 bits per heavy atom. The van der Waals surface area contributed by atoms with Crippen LogP contribution in [0.1, 0.15) is 34.1 Å². The second-order valence-corrected chi connectivity index (χ2v) is 3.87. The molecule has 19 heavy (non-hydrogen) atoms. The van der Waals surface area contributed by atoms with E-state index in [0.717, 1.165) is 12.0 Å². The van der Waals surface area contributed by atoms with Crippen LogP contribution in [0.25, 0.3) is 0 Å². The highest BCUT2D eigenvalue weighted by Crippen LogP contribution is 2.04. The maximum atomic E-state index is 5.98. The molecule has 0 rings (SSSR count). The summed E-state index contributed by atoms with van der Waals surface area (Å²) in [7, 11) is 0. The molecule has 0 aromatic rings. The first kappa shape index (κ1) is 17.1. The van der Waals surface area contributed by atoms with Gasteiger partial charge in [0.1, 0.15) is 5.76 Å². The average molecular weight is 264 g/mol. The van der Waals surface area contributed by atoms with Gasteiger partial charge in [-0.1, -0.05) is 12.1 Å². The topological polar surface area (TPSA) is 72.0 Å². The molecule has 1 atom stereocenters. The highest BCUT2D eigenvalue weighted by molar-refractivity contribution is 5.57. The predicted octanol–water partition coefficient (Wildman–Crippen LogP) is 2.69. The molecule has 0 bridgehead atoms. The molecule has 5 nitrogen and oxygen atoms in total. The van der Waals surface area contributed by atoms with E-state index in [1.165, 1.54) is 0 Å². The van der Waals surface area contributed by atoms with Crippen molar-refractivity contribution in [3.63, 3.8) is 0 Å². The van der Waals surface area contributed by atoms with Crippen LogP contribution in [0, 0.1) is 0 Å². The average Bonchev–Trinajstić information content (AvgIpc) is 2.40. The van der Waals surface area contributed by atoms with Gasteiger partial charge in [0.15, 0.2) is 0 Å². The van der Waals surface area contributed by atoms with Gasteiger partial charge < -0.3 is 15.9 Å². The van der Waals surface area contributed by atoms with E-state index in [2.05, 4.69) is 15.5 Å². The molecular formula is C14H24N4O. The van der Waals surface area contributed by atoms with E-state index in [1.54, 1.807) is 31.6 Å². The van der Waals surface area contributed by atoms with E-state index in [1.807, 2.05) is 33.2 Å². The number of oxime groups is 1. The number of hydrogen-bond donors (Lipinski definition) is 2. The molecule has 0 saturated heterocycles. The van der Waals surface area contributed by atoms with Gasteiger partial charge in [0.05, 0.1) is 0 Å². The van der Waals surface area contributed by atoms with Gasteiger partial charge in [-0.3, -0.25) is 4.99 Å². The van der Waals surface area contributed by atoms with Crippen LogP contribution in [0.15, 0.2) is 46.2 Å².